The first-order valence-corrected chi connectivity index (χ1v) is 12.9. The van der Waals surface area contributed by atoms with Crippen LogP contribution in [0.1, 0.15) is 42.9 Å². The van der Waals surface area contributed by atoms with Crippen molar-refractivity contribution in [1.82, 2.24) is 9.99 Å². The monoisotopic (exact) mass is 547 g/mol. The third-order valence-electron chi connectivity index (χ3n) is 6.55. The number of hydrogen-bond donors (Lipinski definition) is 2. The fraction of sp³-hybridized carbons (Fsp3) is 0.172. The van der Waals surface area contributed by atoms with E-state index in [0.29, 0.717) is 38.0 Å². The van der Waals surface area contributed by atoms with Crippen molar-refractivity contribution in [3.63, 3.8) is 0 Å². The number of hydrogen-bond acceptors (Lipinski definition) is 4. The summed E-state index contributed by atoms with van der Waals surface area (Å²) in [6.45, 7) is 0. The van der Waals surface area contributed by atoms with E-state index in [9.17, 15) is 14.4 Å². The molecule has 0 saturated carbocycles. The Morgan fingerprint density at radius 3 is 2.39 bits per heavy atom. The van der Waals surface area contributed by atoms with Crippen LogP contribution in [0.2, 0.25) is 10.0 Å². The lowest BCUT2D eigenvalue weighted by Crippen LogP contribution is -2.27. The molecule has 0 fully saturated rings. The van der Waals surface area contributed by atoms with Gasteiger partial charge in [-0.1, -0.05) is 71.7 Å². The molecule has 192 valence electrons. The summed E-state index contributed by atoms with van der Waals surface area (Å²) in [4.78, 5) is 40.8. The lowest BCUT2D eigenvalue weighted by atomic mass is 9.91. The zero-order valence-corrected chi connectivity index (χ0v) is 21.7. The van der Waals surface area contributed by atoms with E-state index in [-0.39, 0.29) is 37.1 Å². The Morgan fingerprint density at radius 1 is 0.947 bits per heavy atom. The zero-order chi connectivity index (χ0) is 26.8. The lowest BCUT2D eigenvalue weighted by molar-refractivity contribution is -0.137. The average Bonchev–Trinajstić information content (AvgIpc) is 3.33. The SMILES string of the molecule is O=C(O)CCCC(=O)N1N=C(c2c(-c3ccc(Cl)cc3)c3ccccc3[nH]c2=O)CC1c1ccccc1Cl. The number of hydrazone groups is 1. The Hall–Kier alpha value is -3.94. The topological polar surface area (TPSA) is 103 Å². The van der Waals surface area contributed by atoms with Crippen LogP contribution >= 0.6 is 23.2 Å². The summed E-state index contributed by atoms with van der Waals surface area (Å²) in [7, 11) is 0. The summed E-state index contributed by atoms with van der Waals surface area (Å²) in [6, 6.07) is 21.4. The van der Waals surface area contributed by atoms with E-state index >= 15 is 0 Å². The highest BCUT2D eigenvalue weighted by Gasteiger charge is 2.36. The van der Waals surface area contributed by atoms with E-state index < -0.39 is 12.0 Å². The molecule has 1 amide bonds. The second-order valence-electron chi connectivity index (χ2n) is 9.03. The molecular weight excluding hydrogens is 525 g/mol. The van der Waals surface area contributed by atoms with E-state index in [0.717, 1.165) is 10.9 Å². The number of rotatable bonds is 7. The van der Waals surface area contributed by atoms with Crippen molar-refractivity contribution >= 4 is 51.7 Å². The number of H-pyrrole nitrogens is 1. The average molecular weight is 548 g/mol. The third-order valence-corrected chi connectivity index (χ3v) is 7.15. The number of pyridine rings is 1. The van der Waals surface area contributed by atoms with Gasteiger partial charge >= 0.3 is 5.97 Å². The fourth-order valence-electron chi connectivity index (χ4n) is 4.82. The highest BCUT2D eigenvalue weighted by molar-refractivity contribution is 6.31. The number of fused-ring (bicyclic) bond motifs is 1. The summed E-state index contributed by atoms with van der Waals surface area (Å²) < 4.78 is 0. The molecule has 38 heavy (non-hydrogen) atoms. The van der Waals surface area contributed by atoms with Gasteiger partial charge in [0.1, 0.15) is 0 Å². The minimum absolute atomic E-state index is 0.00213. The number of halogens is 2. The van der Waals surface area contributed by atoms with Crippen molar-refractivity contribution in [3.05, 3.63) is 104 Å². The molecule has 9 heteroatoms. The fourth-order valence-corrected chi connectivity index (χ4v) is 5.21. The van der Waals surface area contributed by atoms with Crippen molar-refractivity contribution in [2.45, 2.75) is 31.7 Å². The van der Waals surface area contributed by atoms with Crippen LogP contribution in [0.25, 0.3) is 22.0 Å². The quantitative estimate of drug-likeness (QED) is 0.278. The van der Waals surface area contributed by atoms with Gasteiger partial charge in [-0.25, -0.2) is 5.01 Å². The van der Waals surface area contributed by atoms with Gasteiger partial charge in [0, 0.05) is 45.8 Å². The van der Waals surface area contributed by atoms with Crippen LogP contribution in [0, 0.1) is 0 Å². The van der Waals surface area contributed by atoms with E-state index in [2.05, 4.69) is 10.1 Å². The second kappa shape index (κ2) is 10.8. The van der Waals surface area contributed by atoms with Crippen LogP contribution in [0.3, 0.4) is 0 Å². The zero-order valence-electron chi connectivity index (χ0n) is 20.2. The number of aromatic amines is 1. The number of aliphatic carboxylic acids is 1. The third kappa shape index (κ3) is 5.08. The molecule has 0 radical (unpaired) electrons. The van der Waals surface area contributed by atoms with Gasteiger partial charge in [0.2, 0.25) is 5.91 Å². The summed E-state index contributed by atoms with van der Waals surface area (Å²) in [5.41, 5.74) is 3.33. The van der Waals surface area contributed by atoms with Crippen LogP contribution < -0.4 is 5.56 Å². The molecule has 1 atom stereocenters. The minimum Gasteiger partial charge on any atom is -0.481 e. The number of nitrogens with zero attached hydrogens (tertiary/aromatic N) is 2. The number of carboxylic acids is 1. The highest BCUT2D eigenvalue weighted by atomic mass is 35.5. The molecular formula is C29H23Cl2N3O4. The van der Waals surface area contributed by atoms with Crippen LogP contribution in [0.4, 0.5) is 0 Å². The molecule has 0 saturated heterocycles. The maximum atomic E-state index is 13.6. The summed E-state index contributed by atoms with van der Waals surface area (Å²) in [6.07, 6.45) is 0.313. The van der Waals surface area contributed by atoms with Gasteiger partial charge in [-0.2, -0.15) is 5.10 Å². The molecule has 0 spiro atoms. The number of benzene rings is 3. The molecule has 4 aromatic rings. The van der Waals surface area contributed by atoms with Gasteiger partial charge in [-0.15, -0.1) is 0 Å². The van der Waals surface area contributed by atoms with Crippen molar-refractivity contribution in [2.24, 2.45) is 5.10 Å². The first kappa shape index (κ1) is 25.7. The standard InChI is InChI=1S/C29H23Cl2N3O4/c30-18-14-12-17(13-15-18)27-20-7-2-4-9-22(20)32-29(38)28(27)23-16-24(19-6-1-3-8-21(19)31)34(33-23)25(35)10-5-11-26(36)37/h1-4,6-9,12-15,24H,5,10-11,16H2,(H,32,38)(H,36,37). The van der Waals surface area contributed by atoms with Gasteiger partial charge in [-0.3, -0.25) is 14.4 Å². The molecule has 5 rings (SSSR count). The Bertz CT molecular complexity index is 1630. The van der Waals surface area contributed by atoms with Gasteiger partial charge in [-0.05, 0) is 41.8 Å². The molecule has 1 aliphatic heterocycles. The number of nitrogens with one attached hydrogen (secondary N) is 1. The highest BCUT2D eigenvalue weighted by Crippen LogP contribution is 2.39. The van der Waals surface area contributed by atoms with E-state index in [1.54, 1.807) is 24.3 Å². The van der Waals surface area contributed by atoms with Crippen molar-refractivity contribution in [2.75, 3.05) is 0 Å². The minimum atomic E-state index is -0.971. The first-order valence-electron chi connectivity index (χ1n) is 12.1. The second-order valence-corrected chi connectivity index (χ2v) is 9.87. The Labute approximate surface area is 228 Å². The van der Waals surface area contributed by atoms with Crippen molar-refractivity contribution < 1.29 is 14.7 Å². The summed E-state index contributed by atoms with van der Waals surface area (Å²) in [5, 5.41) is 16.9. The van der Waals surface area contributed by atoms with Gasteiger partial charge in [0.15, 0.2) is 0 Å². The van der Waals surface area contributed by atoms with Crippen LogP contribution in [-0.2, 0) is 9.59 Å². The molecule has 1 aromatic heterocycles. The predicted molar refractivity (Wildman–Crippen MR) is 149 cm³/mol. The molecule has 1 aliphatic rings. The molecule has 2 heterocycles. The Morgan fingerprint density at radius 2 is 1.66 bits per heavy atom. The summed E-state index contributed by atoms with van der Waals surface area (Å²) >= 11 is 12.7. The number of para-hydroxylation sites is 1. The van der Waals surface area contributed by atoms with Gasteiger partial charge in [0.25, 0.3) is 5.56 Å². The van der Waals surface area contributed by atoms with Crippen LogP contribution in [0.5, 0.6) is 0 Å². The Kier molecular flexibility index (Phi) is 7.31. The van der Waals surface area contributed by atoms with Crippen molar-refractivity contribution in [1.29, 1.82) is 0 Å². The molecule has 0 aliphatic carbocycles. The number of carbonyl (C=O) groups is 2. The number of aromatic nitrogens is 1. The maximum Gasteiger partial charge on any atom is 0.303 e. The number of carboxylic acid groups (broad SMARTS) is 1. The molecule has 2 N–H and O–H groups in total. The van der Waals surface area contributed by atoms with Crippen LogP contribution in [0.15, 0.2) is 82.7 Å². The van der Waals surface area contributed by atoms with E-state index in [1.807, 2.05) is 48.5 Å². The maximum absolute atomic E-state index is 13.6. The molecule has 1 unspecified atom stereocenters. The first-order chi connectivity index (χ1) is 18.3. The van der Waals surface area contributed by atoms with Crippen LogP contribution in [-0.4, -0.2) is 32.7 Å². The molecule has 7 nitrogen and oxygen atoms in total. The van der Waals surface area contributed by atoms with E-state index in [4.69, 9.17) is 28.3 Å². The largest absolute Gasteiger partial charge is 0.481 e. The number of amides is 1. The number of carbonyl (C=O) groups excluding carboxylic acids is 1. The smallest absolute Gasteiger partial charge is 0.303 e. The van der Waals surface area contributed by atoms with E-state index in [1.165, 1.54) is 5.01 Å². The summed E-state index contributed by atoms with van der Waals surface area (Å²) in [5.74, 6) is -1.31. The predicted octanol–water partition coefficient (Wildman–Crippen LogP) is 6.43. The molecule has 3 aromatic carbocycles. The van der Waals surface area contributed by atoms with Crippen molar-refractivity contribution in [3.8, 4) is 11.1 Å². The Balaban J connectivity index is 1.66. The normalized spacial score (nSPS) is 15.1. The molecule has 0 bridgehead atoms. The van der Waals surface area contributed by atoms with Gasteiger partial charge < -0.3 is 10.1 Å². The lowest BCUT2D eigenvalue weighted by Gasteiger charge is -2.22. The van der Waals surface area contributed by atoms with Gasteiger partial charge in [0.05, 0.1) is 17.3 Å².